The van der Waals surface area contributed by atoms with Crippen molar-refractivity contribution >= 4 is 21.9 Å². The number of amides is 1. The van der Waals surface area contributed by atoms with Crippen LogP contribution in [0.3, 0.4) is 0 Å². The van der Waals surface area contributed by atoms with Gasteiger partial charge < -0.3 is 9.64 Å². The molecule has 0 saturated carbocycles. The average molecular weight is 409 g/mol. The Morgan fingerprint density at radius 3 is 2.11 bits per heavy atom. The zero-order valence-electron chi connectivity index (χ0n) is 16.2. The Kier molecular flexibility index (Phi) is 6.72. The van der Waals surface area contributed by atoms with E-state index in [1.165, 1.54) is 4.31 Å². The van der Waals surface area contributed by atoms with Gasteiger partial charge in [0.1, 0.15) is 0 Å². The van der Waals surface area contributed by atoms with E-state index in [2.05, 4.69) is 0 Å². The number of hydrogen-bond acceptors (Lipinski definition) is 5. The number of carbonyl (C=O) groups excluding carboxylic acids is 2. The molecule has 1 amide bonds. The maximum atomic E-state index is 12.8. The van der Waals surface area contributed by atoms with Crippen LogP contribution in [0.4, 0.5) is 0 Å². The van der Waals surface area contributed by atoms with Gasteiger partial charge in [-0.1, -0.05) is 18.2 Å². The lowest BCUT2D eigenvalue weighted by atomic mass is 9.92. The SMILES string of the molecule is CCOC(=O)C1CCN(C(=O)C2CCN(S(=O)(=O)c3ccccc3)CC2)CC1. The Hall–Kier alpha value is -1.93. The zero-order valence-corrected chi connectivity index (χ0v) is 17.1. The molecule has 1 aromatic carbocycles. The van der Waals surface area contributed by atoms with Crippen molar-refractivity contribution in [2.75, 3.05) is 32.8 Å². The zero-order chi connectivity index (χ0) is 20.1. The Bertz CT molecular complexity index is 780. The largest absolute Gasteiger partial charge is 0.466 e. The standard InChI is InChI=1S/C20H28N2O5S/c1-2-27-20(24)17-8-12-21(13-9-17)19(23)16-10-14-22(15-11-16)28(25,26)18-6-4-3-5-7-18/h3-7,16-17H,2,8-15H2,1H3. The Balaban J connectivity index is 1.51. The maximum Gasteiger partial charge on any atom is 0.309 e. The van der Waals surface area contributed by atoms with E-state index in [0.29, 0.717) is 63.4 Å². The molecule has 8 heteroatoms. The van der Waals surface area contributed by atoms with E-state index in [-0.39, 0.29) is 23.7 Å². The number of ether oxygens (including phenoxy) is 1. The van der Waals surface area contributed by atoms with E-state index in [1.54, 1.807) is 37.3 Å². The third-order valence-electron chi connectivity index (χ3n) is 5.61. The van der Waals surface area contributed by atoms with Crippen LogP contribution in [-0.4, -0.2) is 62.3 Å². The molecule has 0 atom stereocenters. The fraction of sp³-hybridized carbons (Fsp3) is 0.600. The van der Waals surface area contributed by atoms with Gasteiger partial charge in [-0.05, 0) is 44.7 Å². The molecule has 1 aromatic rings. The minimum Gasteiger partial charge on any atom is -0.466 e. The Labute approximate surface area is 166 Å². The van der Waals surface area contributed by atoms with Crippen LogP contribution in [0.1, 0.15) is 32.6 Å². The Morgan fingerprint density at radius 1 is 0.964 bits per heavy atom. The molecule has 0 unspecified atom stereocenters. The van der Waals surface area contributed by atoms with E-state index >= 15 is 0 Å². The first kappa shape index (κ1) is 20.8. The normalized spacial score (nSPS) is 20.1. The first-order valence-electron chi connectivity index (χ1n) is 9.94. The molecule has 28 heavy (non-hydrogen) atoms. The number of carbonyl (C=O) groups is 2. The van der Waals surface area contributed by atoms with Gasteiger partial charge in [-0.25, -0.2) is 8.42 Å². The maximum absolute atomic E-state index is 12.8. The van der Waals surface area contributed by atoms with Gasteiger partial charge in [0.15, 0.2) is 0 Å². The smallest absolute Gasteiger partial charge is 0.309 e. The van der Waals surface area contributed by atoms with Gasteiger partial charge >= 0.3 is 5.97 Å². The number of hydrogen-bond donors (Lipinski definition) is 0. The molecule has 3 rings (SSSR count). The van der Waals surface area contributed by atoms with Gasteiger partial charge in [-0.2, -0.15) is 4.31 Å². The highest BCUT2D eigenvalue weighted by molar-refractivity contribution is 7.89. The summed E-state index contributed by atoms with van der Waals surface area (Å²) in [5, 5.41) is 0. The molecule has 0 spiro atoms. The summed E-state index contributed by atoms with van der Waals surface area (Å²) < 4.78 is 32.0. The van der Waals surface area contributed by atoms with E-state index in [4.69, 9.17) is 4.74 Å². The van der Waals surface area contributed by atoms with Crippen LogP contribution in [-0.2, 0) is 24.3 Å². The van der Waals surface area contributed by atoms with Crippen molar-refractivity contribution < 1.29 is 22.7 Å². The van der Waals surface area contributed by atoms with Gasteiger partial charge in [-0.3, -0.25) is 9.59 Å². The van der Waals surface area contributed by atoms with Crippen molar-refractivity contribution in [1.29, 1.82) is 0 Å². The van der Waals surface area contributed by atoms with Crippen LogP contribution in [0.2, 0.25) is 0 Å². The average Bonchev–Trinajstić information content (AvgIpc) is 2.74. The molecule has 0 radical (unpaired) electrons. The monoisotopic (exact) mass is 408 g/mol. The fourth-order valence-electron chi connectivity index (χ4n) is 3.94. The summed E-state index contributed by atoms with van der Waals surface area (Å²) in [6.07, 6.45) is 2.32. The molecule has 2 fully saturated rings. The predicted octanol–water partition coefficient (Wildman–Crippen LogP) is 1.89. The highest BCUT2D eigenvalue weighted by atomic mass is 32.2. The molecule has 0 aromatic heterocycles. The van der Waals surface area contributed by atoms with Gasteiger partial charge in [0.25, 0.3) is 0 Å². The predicted molar refractivity (Wildman–Crippen MR) is 104 cm³/mol. The second-order valence-corrected chi connectivity index (χ2v) is 9.28. The number of piperidine rings is 2. The number of benzene rings is 1. The fourth-order valence-corrected chi connectivity index (χ4v) is 5.43. The summed E-state index contributed by atoms with van der Waals surface area (Å²) in [6.45, 7) is 4.00. The molecular formula is C20H28N2O5S. The van der Waals surface area contributed by atoms with Crippen molar-refractivity contribution in [3.63, 3.8) is 0 Å². The second kappa shape index (κ2) is 9.05. The van der Waals surface area contributed by atoms with Crippen LogP contribution in [0, 0.1) is 11.8 Å². The molecule has 0 N–H and O–H groups in total. The second-order valence-electron chi connectivity index (χ2n) is 7.34. The van der Waals surface area contributed by atoms with Crippen LogP contribution in [0.5, 0.6) is 0 Å². The molecule has 2 heterocycles. The summed E-state index contributed by atoms with van der Waals surface area (Å²) in [4.78, 5) is 26.8. The number of likely N-dealkylation sites (tertiary alicyclic amines) is 1. The summed E-state index contributed by atoms with van der Waals surface area (Å²) in [5.74, 6) is -0.365. The van der Waals surface area contributed by atoms with Crippen molar-refractivity contribution in [2.45, 2.75) is 37.5 Å². The lowest BCUT2D eigenvalue weighted by molar-refractivity contribution is -0.152. The van der Waals surface area contributed by atoms with Crippen LogP contribution in [0.15, 0.2) is 35.2 Å². The van der Waals surface area contributed by atoms with Gasteiger partial charge in [-0.15, -0.1) is 0 Å². The van der Waals surface area contributed by atoms with Crippen LogP contribution in [0.25, 0.3) is 0 Å². The summed E-state index contributed by atoms with van der Waals surface area (Å²) in [7, 11) is -3.50. The third kappa shape index (κ3) is 4.55. The van der Waals surface area contributed by atoms with Crippen molar-refractivity contribution in [2.24, 2.45) is 11.8 Å². The quantitative estimate of drug-likeness (QED) is 0.695. The van der Waals surface area contributed by atoms with E-state index in [1.807, 2.05) is 4.90 Å². The topological polar surface area (TPSA) is 84.0 Å². The van der Waals surface area contributed by atoms with Gasteiger partial charge in [0, 0.05) is 32.1 Å². The van der Waals surface area contributed by atoms with E-state index in [0.717, 1.165) is 0 Å². The number of nitrogens with zero attached hydrogens (tertiary/aromatic N) is 2. The molecule has 0 bridgehead atoms. The van der Waals surface area contributed by atoms with Gasteiger partial charge in [0.2, 0.25) is 15.9 Å². The molecule has 2 aliphatic heterocycles. The molecule has 2 saturated heterocycles. The van der Waals surface area contributed by atoms with Crippen molar-refractivity contribution in [1.82, 2.24) is 9.21 Å². The molecular weight excluding hydrogens is 380 g/mol. The highest BCUT2D eigenvalue weighted by Crippen LogP contribution is 2.27. The minimum atomic E-state index is -3.50. The number of sulfonamides is 1. The van der Waals surface area contributed by atoms with Crippen LogP contribution >= 0.6 is 0 Å². The van der Waals surface area contributed by atoms with Crippen LogP contribution < -0.4 is 0 Å². The molecule has 2 aliphatic rings. The Morgan fingerprint density at radius 2 is 1.54 bits per heavy atom. The molecule has 0 aliphatic carbocycles. The number of rotatable bonds is 5. The van der Waals surface area contributed by atoms with E-state index in [9.17, 15) is 18.0 Å². The summed E-state index contributed by atoms with van der Waals surface area (Å²) in [5.41, 5.74) is 0. The minimum absolute atomic E-state index is 0.0825. The lowest BCUT2D eigenvalue weighted by Gasteiger charge is -2.36. The van der Waals surface area contributed by atoms with E-state index < -0.39 is 10.0 Å². The first-order valence-corrected chi connectivity index (χ1v) is 11.4. The summed E-state index contributed by atoms with van der Waals surface area (Å²) >= 11 is 0. The van der Waals surface area contributed by atoms with Crippen molar-refractivity contribution in [3.8, 4) is 0 Å². The number of esters is 1. The highest BCUT2D eigenvalue weighted by Gasteiger charge is 2.35. The third-order valence-corrected chi connectivity index (χ3v) is 7.52. The molecule has 154 valence electrons. The molecule has 7 nitrogen and oxygen atoms in total. The van der Waals surface area contributed by atoms with Crippen molar-refractivity contribution in [3.05, 3.63) is 30.3 Å². The first-order chi connectivity index (χ1) is 13.4. The van der Waals surface area contributed by atoms with Gasteiger partial charge in [0.05, 0.1) is 17.4 Å². The summed E-state index contributed by atoms with van der Waals surface area (Å²) in [6, 6.07) is 8.40. The lowest BCUT2D eigenvalue weighted by Crippen LogP contribution is -2.47.